The van der Waals surface area contributed by atoms with Gasteiger partial charge < -0.3 is 21.5 Å². The van der Waals surface area contributed by atoms with Crippen LogP contribution in [0.2, 0.25) is 0 Å². The maximum absolute atomic E-state index is 2.38. The molecule has 0 saturated heterocycles. The molecule has 0 atom stereocenters. The summed E-state index contributed by atoms with van der Waals surface area (Å²) in [4.78, 5) is 0. The van der Waals surface area contributed by atoms with Gasteiger partial charge in [-0.25, -0.2) is 0 Å². The highest BCUT2D eigenvalue weighted by Gasteiger charge is 2.21. The van der Waals surface area contributed by atoms with Crippen LogP contribution in [0, 0.1) is 0 Å². The molecule has 0 fully saturated rings. The van der Waals surface area contributed by atoms with Gasteiger partial charge in [0.15, 0.2) is 0 Å². The van der Waals surface area contributed by atoms with Crippen LogP contribution in [0.4, 0.5) is 0 Å². The van der Waals surface area contributed by atoms with E-state index < -0.39 is 0 Å². The van der Waals surface area contributed by atoms with Gasteiger partial charge in [-0.05, 0) is 39.5 Å². The molecule has 0 N–H and O–H groups in total. The highest BCUT2D eigenvalue weighted by molar-refractivity contribution is 4.47. The number of quaternary nitrogens is 1. The first-order chi connectivity index (χ1) is 8.24. The number of halogens is 1. The van der Waals surface area contributed by atoms with Crippen LogP contribution in [0.25, 0.3) is 0 Å². The topological polar surface area (TPSA) is 0 Å². The fourth-order valence-corrected chi connectivity index (χ4v) is 2.72. The Morgan fingerprint density at radius 2 is 0.944 bits per heavy atom. The summed E-state index contributed by atoms with van der Waals surface area (Å²) in [6.45, 7) is 14.8. The molecule has 0 spiro atoms. The second-order valence-electron chi connectivity index (χ2n) is 5.54. The summed E-state index contributed by atoms with van der Waals surface area (Å²) in [7, 11) is 0. The van der Waals surface area contributed by atoms with Gasteiger partial charge in [0.1, 0.15) is 0 Å². The average Bonchev–Trinajstić information content (AvgIpc) is 2.37. The Labute approximate surface area is 127 Å². The van der Waals surface area contributed by atoms with Gasteiger partial charge in [-0.2, -0.15) is 0 Å². The first-order valence-corrected chi connectivity index (χ1v) is 8.09. The van der Waals surface area contributed by atoms with Crippen LogP contribution in [0.15, 0.2) is 0 Å². The Morgan fingerprint density at radius 1 is 0.556 bits per heavy atom. The Morgan fingerprint density at radius 3 is 1.22 bits per heavy atom. The smallest absolute Gasteiger partial charge is 0.0786 e. The van der Waals surface area contributed by atoms with Gasteiger partial charge in [-0.15, -0.1) is 0 Å². The van der Waals surface area contributed by atoms with Crippen molar-refractivity contribution < 1.29 is 21.5 Å². The van der Waals surface area contributed by atoms with E-state index in [0.29, 0.717) is 0 Å². The van der Waals surface area contributed by atoms with Gasteiger partial charge in [0.25, 0.3) is 0 Å². The van der Waals surface area contributed by atoms with Crippen LogP contribution in [0.3, 0.4) is 0 Å². The SMILES string of the molecule is CCCCCC[N+](CC)(CC)CCCCCC.[Br-]. The Hall–Kier alpha value is 0.440. The number of unbranched alkanes of at least 4 members (excludes halogenated alkanes) is 6. The van der Waals surface area contributed by atoms with Crippen molar-refractivity contribution in [2.45, 2.75) is 79.1 Å². The highest BCUT2D eigenvalue weighted by atomic mass is 79.9. The van der Waals surface area contributed by atoms with Gasteiger partial charge >= 0.3 is 0 Å². The molecule has 0 unspecified atom stereocenters. The van der Waals surface area contributed by atoms with Crippen LogP contribution in [0.1, 0.15) is 79.1 Å². The lowest BCUT2D eigenvalue weighted by molar-refractivity contribution is -0.925. The average molecular weight is 322 g/mol. The van der Waals surface area contributed by atoms with E-state index in [4.69, 9.17) is 0 Å². The minimum Gasteiger partial charge on any atom is -1.00 e. The molecule has 0 heterocycles. The normalized spacial score (nSPS) is 11.3. The number of hydrogen-bond acceptors (Lipinski definition) is 0. The summed E-state index contributed by atoms with van der Waals surface area (Å²) in [6, 6.07) is 0. The van der Waals surface area contributed by atoms with Crippen molar-refractivity contribution >= 4 is 0 Å². The molecule has 0 bridgehead atoms. The third kappa shape index (κ3) is 9.38. The first kappa shape index (κ1) is 20.8. The molecule has 0 rings (SSSR count). The molecule has 0 radical (unpaired) electrons. The lowest BCUT2D eigenvalue weighted by Gasteiger charge is -2.37. The lowest BCUT2D eigenvalue weighted by atomic mass is 10.1. The minimum absolute atomic E-state index is 0. The Kier molecular flexibility index (Phi) is 16.0. The molecule has 0 aromatic carbocycles. The Bertz CT molecular complexity index is 141. The van der Waals surface area contributed by atoms with E-state index in [-0.39, 0.29) is 17.0 Å². The zero-order valence-electron chi connectivity index (χ0n) is 13.3. The third-order valence-electron chi connectivity index (χ3n) is 4.31. The van der Waals surface area contributed by atoms with Crippen LogP contribution in [-0.2, 0) is 0 Å². The van der Waals surface area contributed by atoms with E-state index in [9.17, 15) is 0 Å². The van der Waals surface area contributed by atoms with Gasteiger partial charge in [-0.3, -0.25) is 0 Å². The highest BCUT2D eigenvalue weighted by Crippen LogP contribution is 2.14. The van der Waals surface area contributed by atoms with Crippen molar-refractivity contribution in [3.8, 4) is 0 Å². The molecule has 0 aliphatic rings. The number of rotatable bonds is 12. The fraction of sp³-hybridized carbons (Fsp3) is 1.00. The maximum atomic E-state index is 2.38. The van der Waals surface area contributed by atoms with Gasteiger partial charge in [0.05, 0.1) is 26.2 Å². The van der Waals surface area contributed by atoms with Crippen molar-refractivity contribution in [2.24, 2.45) is 0 Å². The van der Waals surface area contributed by atoms with Crippen molar-refractivity contribution in [1.82, 2.24) is 0 Å². The zero-order chi connectivity index (χ0) is 13.0. The van der Waals surface area contributed by atoms with Crippen LogP contribution >= 0.6 is 0 Å². The predicted molar refractivity (Wildman–Crippen MR) is 79.4 cm³/mol. The van der Waals surface area contributed by atoms with E-state index in [1.54, 1.807) is 0 Å². The molecule has 0 aliphatic heterocycles. The molecule has 1 nitrogen and oxygen atoms in total. The summed E-state index contributed by atoms with van der Waals surface area (Å²) in [6.07, 6.45) is 11.3. The van der Waals surface area contributed by atoms with Crippen LogP contribution < -0.4 is 17.0 Å². The monoisotopic (exact) mass is 321 g/mol. The second-order valence-corrected chi connectivity index (χ2v) is 5.54. The van der Waals surface area contributed by atoms with Gasteiger partial charge in [0, 0.05) is 0 Å². The largest absolute Gasteiger partial charge is 1.00 e. The second kappa shape index (κ2) is 13.9. The first-order valence-electron chi connectivity index (χ1n) is 8.09. The number of hydrogen-bond donors (Lipinski definition) is 0. The van der Waals surface area contributed by atoms with Crippen LogP contribution in [-0.4, -0.2) is 30.7 Å². The van der Waals surface area contributed by atoms with Gasteiger partial charge in [0.2, 0.25) is 0 Å². The van der Waals surface area contributed by atoms with Crippen molar-refractivity contribution in [3.05, 3.63) is 0 Å². The van der Waals surface area contributed by atoms with Crippen LogP contribution in [0.5, 0.6) is 0 Å². The summed E-state index contributed by atoms with van der Waals surface area (Å²) < 4.78 is 1.37. The lowest BCUT2D eigenvalue weighted by Crippen LogP contribution is -3.00. The molecular formula is C16H36BrN. The minimum atomic E-state index is 0. The van der Waals surface area contributed by atoms with E-state index in [2.05, 4.69) is 27.7 Å². The number of nitrogens with zero attached hydrogens (tertiary/aromatic N) is 1. The molecule has 0 aromatic rings. The summed E-state index contributed by atoms with van der Waals surface area (Å²) in [5, 5.41) is 0. The predicted octanol–water partition coefficient (Wildman–Crippen LogP) is 2.01. The summed E-state index contributed by atoms with van der Waals surface area (Å²) >= 11 is 0. The summed E-state index contributed by atoms with van der Waals surface area (Å²) in [5.41, 5.74) is 0. The van der Waals surface area contributed by atoms with Crippen molar-refractivity contribution in [1.29, 1.82) is 0 Å². The van der Waals surface area contributed by atoms with E-state index in [0.717, 1.165) is 0 Å². The van der Waals surface area contributed by atoms with Crippen molar-refractivity contribution in [3.63, 3.8) is 0 Å². The van der Waals surface area contributed by atoms with E-state index >= 15 is 0 Å². The quantitative estimate of drug-likeness (QED) is 0.381. The third-order valence-corrected chi connectivity index (χ3v) is 4.31. The molecular weight excluding hydrogens is 286 g/mol. The molecule has 0 aromatic heterocycles. The van der Waals surface area contributed by atoms with Gasteiger partial charge in [-0.1, -0.05) is 39.5 Å². The molecule has 18 heavy (non-hydrogen) atoms. The standard InChI is InChI=1S/C16H36N.BrH/c1-5-9-11-13-15-17(7-3,8-4)16-14-12-10-6-2;/h5-16H2,1-4H3;1H/q+1;/p-1. The van der Waals surface area contributed by atoms with Crippen molar-refractivity contribution in [2.75, 3.05) is 26.2 Å². The molecule has 0 saturated carbocycles. The Balaban J connectivity index is 0. The fourth-order valence-electron chi connectivity index (χ4n) is 2.72. The zero-order valence-corrected chi connectivity index (χ0v) is 14.9. The van der Waals surface area contributed by atoms with E-state index in [1.165, 1.54) is 82.0 Å². The maximum Gasteiger partial charge on any atom is 0.0786 e. The van der Waals surface area contributed by atoms with E-state index in [1.807, 2.05) is 0 Å². The molecule has 2 heteroatoms. The molecule has 0 aliphatic carbocycles. The molecule has 0 amide bonds. The molecule has 112 valence electrons. The summed E-state index contributed by atoms with van der Waals surface area (Å²) in [5.74, 6) is 0.